The molecule has 0 saturated carbocycles. The van der Waals surface area contributed by atoms with Crippen molar-refractivity contribution in [1.29, 1.82) is 0 Å². The molecule has 0 aliphatic carbocycles. The first-order valence-corrected chi connectivity index (χ1v) is 8.57. The van der Waals surface area contributed by atoms with Crippen molar-refractivity contribution in [2.24, 2.45) is 0 Å². The van der Waals surface area contributed by atoms with Crippen molar-refractivity contribution in [1.82, 2.24) is 19.5 Å². The summed E-state index contributed by atoms with van der Waals surface area (Å²) in [7, 11) is 0. The first-order valence-electron chi connectivity index (χ1n) is 8.57. The molecule has 0 aliphatic heterocycles. The van der Waals surface area contributed by atoms with Crippen molar-refractivity contribution in [2.45, 2.75) is 13.8 Å². The van der Waals surface area contributed by atoms with Crippen LogP contribution in [0.25, 0.3) is 5.69 Å². The molecule has 0 atom stereocenters. The fourth-order valence-electron chi connectivity index (χ4n) is 2.10. The average molecular weight is 401 g/mol. The largest absolute Gasteiger partial charge is 0.461 e. The second kappa shape index (κ2) is 10.3. The zero-order valence-corrected chi connectivity index (χ0v) is 15.8. The number of esters is 2. The van der Waals surface area contributed by atoms with E-state index >= 15 is 0 Å². The maximum absolute atomic E-state index is 11.4. The van der Waals surface area contributed by atoms with E-state index in [-0.39, 0.29) is 24.0 Å². The molecule has 1 N–H and O–H groups in total. The number of nitro benzene ring substituents is 1. The van der Waals surface area contributed by atoms with Crippen LogP contribution in [0.1, 0.15) is 34.8 Å². The number of nitrogens with zero attached hydrogens (tertiary/aromatic N) is 4. The predicted molar refractivity (Wildman–Crippen MR) is 101 cm³/mol. The fourth-order valence-corrected chi connectivity index (χ4v) is 2.10. The lowest BCUT2D eigenvalue weighted by molar-refractivity contribution is -0.384. The Hall–Kier alpha value is -4.02. The van der Waals surface area contributed by atoms with Gasteiger partial charge in [-0.2, -0.15) is 0 Å². The Morgan fingerprint density at radius 2 is 1.79 bits per heavy atom. The highest BCUT2D eigenvalue weighted by atomic mass is 16.6. The summed E-state index contributed by atoms with van der Waals surface area (Å²) in [6.45, 7) is 4.14. The minimum atomic E-state index is -0.497. The predicted octanol–water partition coefficient (Wildman–Crippen LogP) is 2.54. The molecular weight excluding hydrogens is 382 g/mol. The van der Waals surface area contributed by atoms with E-state index in [1.807, 2.05) is 0 Å². The number of H-pyrrole nitrogens is 1. The Kier molecular flexibility index (Phi) is 7.59. The average Bonchev–Trinajstić information content (AvgIpc) is 3.41. The highest BCUT2D eigenvalue weighted by Gasteiger charge is 2.11. The van der Waals surface area contributed by atoms with Crippen LogP contribution < -0.4 is 0 Å². The van der Waals surface area contributed by atoms with Crippen LogP contribution in [0.5, 0.6) is 0 Å². The molecular formula is C18H19N5O6. The number of carbonyl (C=O) groups is 2. The van der Waals surface area contributed by atoms with Crippen molar-refractivity contribution in [3.8, 4) is 5.69 Å². The summed E-state index contributed by atoms with van der Waals surface area (Å²) < 4.78 is 11.1. The standard InChI is InChI=1S/C12H11N3O4.C6H8N2O2/c1-2-19-12(16)11-7-14(8-13-11)9-3-5-10(6-4-9)15(17)18;1-2-10-6(9)5-3-7-4-8-5/h3-8H,2H2,1H3;3-4H,2H2,1H3,(H,7,8). The van der Waals surface area contributed by atoms with Gasteiger partial charge in [-0.15, -0.1) is 0 Å². The van der Waals surface area contributed by atoms with Crippen LogP contribution in [0.4, 0.5) is 5.69 Å². The van der Waals surface area contributed by atoms with E-state index in [4.69, 9.17) is 4.74 Å². The van der Waals surface area contributed by atoms with Gasteiger partial charge in [0.05, 0.1) is 30.7 Å². The summed E-state index contributed by atoms with van der Waals surface area (Å²) in [5.74, 6) is -0.858. The molecule has 3 aromatic rings. The number of nitrogens with one attached hydrogen (secondary N) is 1. The van der Waals surface area contributed by atoms with E-state index in [9.17, 15) is 19.7 Å². The van der Waals surface area contributed by atoms with Gasteiger partial charge in [0, 0.05) is 24.0 Å². The zero-order valence-electron chi connectivity index (χ0n) is 15.8. The SMILES string of the molecule is CCOC(=O)c1cn(-c2ccc([N+](=O)[O-])cc2)cn1.CCOC(=O)c1cnc[nH]1. The van der Waals surface area contributed by atoms with Crippen molar-refractivity contribution in [3.63, 3.8) is 0 Å². The summed E-state index contributed by atoms with van der Waals surface area (Å²) in [4.78, 5) is 42.6. The van der Waals surface area contributed by atoms with Gasteiger partial charge in [0.2, 0.25) is 0 Å². The third kappa shape index (κ3) is 5.99. The molecule has 2 aromatic heterocycles. The summed E-state index contributed by atoms with van der Waals surface area (Å²) >= 11 is 0. The van der Waals surface area contributed by atoms with E-state index < -0.39 is 10.9 Å². The molecule has 0 saturated heterocycles. The van der Waals surface area contributed by atoms with E-state index in [1.54, 1.807) is 30.5 Å². The second-order valence-electron chi connectivity index (χ2n) is 5.35. The number of aromatic nitrogens is 4. The molecule has 11 heteroatoms. The number of benzene rings is 1. The third-order valence-electron chi connectivity index (χ3n) is 3.42. The molecule has 152 valence electrons. The van der Waals surface area contributed by atoms with Crippen molar-refractivity contribution in [3.05, 3.63) is 70.8 Å². The smallest absolute Gasteiger partial charge is 0.358 e. The van der Waals surface area contributed by atoms with E-state index in [2.05, 4.69) is 19.7 Å². The second-order valence-corrected chi connectivity index (χ2v) is 5.35. The number of non-ortho nitro benzene ring substituents is 1. The normalized spacial score (nSPS) is 9.86. The molecule has 0 spiro atoms. The number of carbonyl (C=O) groups excluding carboxylic acids is 2. The Morgan fingerprint density at radius 1 is 1.14 bits per heavy atom. The topological polar surface area (TPSA) is 142 Å². The number of nitro groups is 1. The molecule has 2 heterocycles. The number of hydrogen-bond donors (Lipinski definition) is 1. The van der Waals surface area contributed by atoms with Gasteiger partial charge in [-0.05, 0) is 26.0 Å². The van der Waals surface area contributed by atoms with Crippen LogP contribution in [0, 0.1) is 10.1 Å². The molecule has 0 unspecified atom stereocenters. The Labute approximate surface area is 165 Å². The van der Waals surface area contributed by atoms with Gasteiger partial charge in [0.1, 0.15) is 12.0 Å². The van der Waals surface area contributed by atoms with Gasteiger partial charge in [-0.25, -0.2) is 19.6 Å². The molecule has 11 nitrogen and oxygen atoms in total. The monoisotopic (exact) mass is 401 g/mol. The van der Waals surface area contributed by atoms with E-state index in [0.29, 0.717) is 18.0 Å². The van der Waals surface area contributed by atoms with Crippen LogP contribution in [0.2, 0.25) is 0 Å². The number of imidazole rings is 2. The lowest BCUT2D eigenvalue weighted by Crippen LogP contribution is -2.04. The molecule has 3 rings (SSSR count). The highest BCUT2D eigenvalue weighted by Crippen LogP contribution is 2.15. The van der Waals surface area contributed by atoms with Gasteiger partial charge in [0.15, 0.2) is 5.69 Å². The molecule has 0 bridgehead atoms. The quantitative estimate of drug-likeness (QED) is 0.377. The van der Waals surface area contributed by atoms with Gasteiger partial charge in [-0.3, -0.25) is 10.1 Å². The molecule has 1 aromatic carbocycles. The van der Waals surface area contributed by atoms with Crippen LogP contribution in [0.15, 0.2) is 49.3 Å². The molecule has 0 radical (unpaired) electrons. The van der Waals surface area contributed by atoms with Gasteiger partial charge >= 0.3 is 11.9 Å². The van der Waals surface area contributed by atoms with E-state index in [0.717, 1.165) is 0 Å². The van der Waals surface area contributed by atoms with Crippen LogP contribution in [-0.4, -0.2) is 49.6 Å². The molecule has 0 aliphatic rings. The summed E-state index contributed by atoms with van der Waals surface area (Å²) in [5.41, 5.74) is 1.27. The molecule has 29 heavy (non-hydrogen) atoms. The Balaban J connectivity index is 0.000000253. The van der Waals surface area contributed by atoms with Crippen LogP contribution in [-0.2, 0) is 9.47 Å². The van der Waals surface area contributed by atoms with Gasteiger partial charge in [0.25, 0.3) is 5.69 Å². The number of aromatic amines is 1. The third-order valence-corrected chi connectivity index (χ3v) is 3.42. The number of hydrogen-bond acceptors (Lipinski definition) is 8. The summed E-state index contributed by atoms with van der Waals surface area (Å²) in [6, 6.07) is 5.93. The van der Waals surface area contributed by atoms with Crippen LogP contribution >= 0.6 is 0 Å². The Morgan fingerprint density at radius 3 is 2.34 bits per heavy atom. The minimum Gasteiger partial charge on any atom is -0.461 e. The minimum absolute atomic E-state index is 0.00878. The number of rotatable bonds is 6. The first-order chi connectivity index (χ1) is 14.0. The molecule has 0 fully saturated rings. The lowest BCUT2D eigenvalue weighted by Gasteiger charge is -2.00. The van der Waals surface area contributed by atoms with Gasteiger partial charge < -0.3 is 19.0 Å². The number of ether oxygens (including phenoxy) is 2. The summed E-state index contributed by atoms with van der Waals surface area (Å²) in [6.07, 6.45) is 5.83. The lowest BCUT2D eigenvalue weighted by atomic mass is 10.3. The Bertz CT molecular complexity index is 950. The van der Waals surface area contributed by atoms with Crippen LogP contribution in [0.3, 0.4) is 0 Å². The fraction of sp³-hybridized carbons (Fsp3) is 0.222. The maximum atomic E-state index is 11.4. The zero-order chi connectivity index (χ0) is 21.2. The van der Waals surface area contributed by atoms with Crippen molar-refractivity contribution < 1.29 is 24.0 Å². The highest BCUT2D eigenvalue weighted by molar-refractivity contribution is 5.87. The van der Waals surface area contributed by atoms with E-state index in [1.165, 1.54) is 37.2 Å². The maximum Gasteiger partial charge on any atom is 0.358 e. The van der Waals surface area contributed by atoms with Crippen molar-refractivity contribution >= 4 is 17.6 Å². The van der Waals surface area contributed by atoms with Crippen molar-refractivity contribution in [2.75, 3.05) is 13.2 Å². The summed E-state index contributed by atoms with van der Waals surface area (Å²) in [5, 5.41) is 10.5. The molecule has 0 amide bonds. The first kappa shape index (κ1) is 21.3. The van der Waals surface area contributed by atoms with Gasteiger partial charge in [-0.1, -0.05) is 0 Å².